The number of esters is 3. The Morgan fingerprint density at radius 2 is 0.591 bits per heavy atom. The smallest absolute Gasteiger partial charge is 0.306 e. The van der Waals surface area contributed by atoms with Crippen molar-refractivity contribution in [3.05, 3.63) is 48.6 Å². The molecular weight excluding hydrogens is 817 g/mol. The fourth-order valence-corrected chi connectivity index (χ4v) is 8.28. The summed E-state index contributed by atoms with van der Waals surface area (Å²) in [6, 6.07) is 0. The Bertz CT molecular complexity index is 1150. The van der Waals surface area contributed by atoms with E-state index in [1.54, 1.807) is 0 Å². The van der Waals surface area contributed by atoms with Gasteiger partial charge in [-0.05, 0) is 77.0 Å². The van der Waals surface area contributed by atoms with E-state index in [1.165, 1.54) is 161 Å². The predicted octanol–water partition coefficient (Wildman–Crippen LogP) is 19.0. The zero-order chi connectivity index (χ0) is 47.9. The second-order valence-electron chi connectivity index (χ2n) is 19.2. The molecule has 0 aliphatic carbocycles. The summed E-state index contributed by atoms with van der Waals surface area (Å²) in [5.41, 5.74) is 0. The van der Waals surface area contributed by atoms with Gasteiger partial charge in [0.15, 0.2) is 6.10 Å². The van der Waals surface area contributed by atoms with Gasteiger partial charge in [0, 0.05) is 19.3 Å². The Labute approximate surface area is 409 Å². The van der Waals surface area contributed by atoms with Crippen LogP contribution in [-0.4, -0.2) is 37.2 Å². The van der Waals surface area contributed by atoms with E-state index in [0.717, 1.165) is 96.3 Å². The molecule has 0 saturated heterocycles. The summed E-state index contributed by atoms with van der Waals surface area (Å²) in [6.07, 6.45) is 66.8. The van der Waals surface area contributed by atoms with Crippen LogP contribution in [0.2, 0.25) is 0 Å². The van der Waals surface area contributed by atoms with E-state index in [0.29, 0.717) is 19.3 Å². The molecule has 0 fully saturated rings. The molecule has 0 amide bonds. The second-order valence-corrected chi connectivity index (χ2v) is 19.2. The van der Waals surface area contributed by atoms with Crippen LogP contribution in [0.5, 0.6) is 0 Å². The van der Waals surface area contributed by atoms with Gasteiger partial charge in [-0.2, -0.15) is 0 Å². The van der Waals surface area contributed by atoms with Crippen LogP contribution in [-0.2, 0) is 28.6 Å². The first kappa shape index (κ1) is 63.4. The van der Waals surface area contributed by atoms with E-state index in [-0.39, 0.29) is 31.1 Å². The molecule has 1 unspecified atom stereocenters. The van der Waals surface area contributed by atoms with Crippen molar-refractivity contribution in [1.82, 2.24) is 0 Å². The highest BCUT2D eigenvalue weighted by atomic mass is 16.6. The average Bonchev–Trinajstić information content (AvgIpc) is 3.31. The van der Waals surface area contributed by atoms with E-state index < -0.39 is 6.10 Å². The number of allylic oxidation sites excluding steroid dienone is 8. The highest BCUT2D eigenvalue weighted by Crippen LogP contribution is 2.16. The molecule has 1 atom stereocenters. The molecule has 0 aromatic heterocycles. The van der Waals surface area contributed by atoms with Crippen molar-refractivity contribution in [2.45, 2.75) is 303 Å². The highest BCUT2D eigenvalue weighted by Gasteiger charge is 2.19. The fourth-order valence-electron chi connectivity index (χ4n) is 8.28. The largest absolute Gasteiger partial charge is 0.462 e. The Kier molecular flexibility index (Phi) is 52.8. The summed E-state index contributed by atoms with van der Waals surface area (Å²) < 4.78 is 16.8. The Morgan fingerprint density at radius 1 is 0.318 bits per heavy atom. The third-order valence-electron chi connectivity index (χ3n) is 12.6. The SMILES string of the molecule is CC/C=C\C/C=C\C/C=C\CCCCCC(=O)OCC(COC(=O)CCCCCCCCCCCCCCCCCCCCCC)OC(=O)CCCCCCC/C=C\CCCCCCCC. The number of unbranched alkanes of at least 4 members (excludes halogenated alkanes) is 33. The maximum absolute atomic E-state index is 12.8. The fraction of sp³-hybridized carbons (Fsp3) is 0.817. The molecule has 6 nitrogen and oxygen atoms in total. The molecule has 0 aromatic rings. The maximum atomic E-state index is 12.8. The van der Waals surface area contributed by atoms with Crippen molar-refractivity contribution >= 4 is 17.9 Å². The molecule has 0 radical (unpaired) electrons. The van der Waals surface area contributed by atoms with Gasteiger partial charge in [-0.1, -0.05) is 249 Å². The number of hydrogen-bond donors (Lipinski definition) is 0. The molecule has 0 spiro atoms. The van der Waals surface area contributed by atoms with Gasteiger partial charge in [-0.3, -0.25) is 14.4 Å². The van der Waals surface area contributed by atoms with Gasteiger partial charge < -0.3 is 14.2 Å². The van der Waals surface area contributed by atoms with Crippen LogP contribution in [0.25, 0.3) is 0 Å². The van der Waals surface area contributed by atoms with Crippen LogP contribution in [0.1, 0.15) is 297 Å². The summed E-state index contributed by atoms with van der Waals surface area (Å²) in [5, 5.41) is 0. The van der Waals surface area contributed by atoms with Crippen molar-refractivity contribution in [2.75, 3.05) is 13.2 Å². The van der Waals surface area contributed by atoms with Crippen LogP contribution in [0, 0.1) is 0 Å². The van der Waals surface area contributed by atoms with E-state index >= 15 is 0 Å². The topological polar surface area (TPSA) is 78.9 Å². The minimum absolute atomic E-state index is 0.0830. The first-order valence-electron chi connectivity index (χ1n) is 28.6. The van der Waals surface area contributed by atoms with Crippen molar-refractivity contribution in [2.24, 2.45) is 0 Å². The average molecular weight is 926 g/mol. The van der Waals surface area contributed by atoms with Gasteiger partial charge in [-0.15, -0.1) is 0 Å². The minimum Gasteiger partial charge on any atom is -0.462 e. The lowest BCUT2D eigenvalue weighted by Gasteiger charge is -2.18. The molecular formula is C60H108O6. The summed E-state index contributed by atoms with van der Waals surface area (Å²) >= 11 is 0. The lowest BCUT2D eigenvalue weighted by atomic mass is 10.0. The molecule has 6 heteroatoms. The molecule has 66 heavy (non-hydrogen) atoms. The number of ether oxygens (including phenoxy) is 3. The van der Waals surface area contributed by atoms with Gasteiger partial charge in [0.1, 0.15) is 13.2 Å². The van der Waals surface area contributed by atoms with Gasteiger partial charge in [0.05, 0.1) is 0 Å². The molecule has 0 bridgehead atoms. The number of hydrogen-bond acceptors (Lipinski definition) is 6. The van der Waals surface area contributed by atoms with Gasteiger partial charge in [0.25, 0.3) is 0 Å². The quantitative estimate of drug-likeness (QED) is 0.0262. The van der Waals surface area contributed by atoms with Crippen LogP contribution >= 0.6 is 0 Å². The third-order valence-corrected chi connectivity index (χ3v) is 12.6. The lowest BCUT2D eigenvalue weighted by molar-refractivity contribution is -0.167. The Morgan fingerprint density at radius 3 is 0.955 bits per heavy atom. The molecule has 0 rings (SSSR count). The minimum atomic E-state index is -0.787. The first-order valence-corrected chi connectivity index (χ1v) is 28.6. The summed E-state index contributed by atoms with van der Waals surface area (Å²) in [4.78, 5) is 38.1. The van der Waals surface area contributed by atoms with E-state index in [9.17, 15) is 14.4 Å². The first-order chi connectivity index (χ1) is 32.5. The predicted molar refractivity (Wildman–Crippen MR) is 284 cm³/mol. The van der Waals surface area contributed by atoms with E-state index in [4.69, 9.17) is 14.2 Å². The van der Waals surface area contributed by atoms with Crippen molar-refractivity contribution in [1.29, 1.82) is 0 Å². The third kappa shape index (κ3) is 52.3. The highest BCUT2D eigenvalue weighted by molar-refractivity contribution is 5.71. The Hall–Kier alpha value is -2.63. The number of carbonyl (C=O) groups is 3. The Balaban J connectivity index is 4.33. The summed E-state index contributed by atoms with van der Waals surface area (Å²) in [5.74, 6) is -0.909. The van der Waals surface area contributed by atoms with Crippen LogP contribution in [0.4, 0.5) is 0 Å². The van der Waals surface area contributed by atoms with Crippen molar-refractivity contribution in [3.8, 4) is 0 Å². The van der Waals surface area contributed by atoms with Crippen LogP contribution in [0.15, 0.2) is 48.6 Å². The molecule has 0 N–H and O–H groups in total. The molecule has 384 valence electrons. The maximum Gasteiger partial charge on any atom is 0.306 e. The molecule has 0 aromatic carbocycles. The lowest BCUT2D eigenvalue weighted by Crippen LogP contribution is -2.30. The van der Waals surface area contributed by atoms with Crippen LogP contribution < -0.4 is 0 Å². The zero-order valence-electron chi connectivity index (χ0n) is 44.0. The van der Waals surface area contributed by atoms with Gasteiger partial charge in [-0.25, -0.2) is 0 Å². The molecule has 0 aliphatic heterocycles. The number of rotatable bonds is 52. The second kappa shape index (κ2) is 55.0. The molecule has 0 heterocycles. The van der Waals surface area contributed by atoms with E-state index in [2.05, 4.69) is 69.4 Å². The molecule has 0 aliphatic rings. The summed E-state index contributed by atoms with van der Waals surface area (Å²) in [7, 11) is 0. The molecule has 0 saturated carbocycles. The van der Waals surface area contributed by atoms with Crippen molar-refractivity contribution in [3.63, 3.8) is 0 Å². The van der Waals surface area contributed by atoms with Gasteiger partial charge >= 0.3 is 17.9 Å². The normalized spacial score (nSPS) is 12.3. The number of carbonyl (C=O) groups excluding carboxylic acids is 3. The van der Waals surface area contributed by atoms with Crippen molar-refractivity contribution < 1.29 is 28.6 Å². The monoisotopic (exact) mass is 925 g/mol. The van der Waals surface area contributed by atoms with Gasteiger partial charge in [0.2, 0.25) is 0 Å². The van der Waals surface area contributed by atoms with Crippen LogP contribution in [0.3, 0.4) is 0 Å². The van der Waals surface area contributed by atoms with E-state index in [1.807, 2.05) is 0 Å². The standard InChI is InChI=1S/C60H108O6/c1-4-7-10-13-16-19-22-25-27-28-29-30-31-33-35-38-41-44-47-50-53-59(62)65-56-57(55-64-58(61)52-49-46-43-40-37-34-24-21-18-15-12-9-6-3)66-60(63)54-51-48-45-42-39-36-32-26-23-20-17-14-11-8-5-2/h9,12,18,21,26,32,34,37,57H,4-8,10-11,13-17,19-20,22-25,27-31,33,35-36,38-56H2,1-3H3/b12-9-,21-18-,32-26-,37-34-. The summed E-state index contributed by atoms with van der Waals surface area (Å²) in [6.45, 7) is 6.52. The zero-order valence-corrected chi connectivity index (χ0v) is 44.0.